The van der Waals surface area contributed by atoms with Crippen molar-refractivity contribution < 1.29 is 19.4 Å². The molecule has 1 aliphatic heterocycles. The second-order valence-electron chi connectivity index (χ2n) is 6.25. The van der Waals surface area contributed by atoms with Gasteiger partial charge in [0.25, 0.3) is 0 Å². The summed E-state index contributed by atoms with van der Waals surface area (Å²) in [6.07, 6.45) is 1.83. The lowest BCUT2D eigenvalue weighted by atomic mass is 9.82. The molecule has 0 spiro atoms. The molecular weight excluding hydrogens is 260 g/mol. The van der Waals surface area contributed by atoms with E-state index in [1.54, 1.807) is 0 Å². The smallest absolute Gasteiger partial charge is 0.323 e. The molecule has 0 radical (unpaired) electrons. The Balaban J connectivity index is 2.50. The molecule has 0 unspecified atom stereocenters. The fourth-order valence-corrected chi connectivity index (χ4v) is 2.27. The highest BCUT2D eigenvalue weighted by Crippen LogP contribution is 2.28. The molecule has 0 atom stereocenters. The van der Waals surface area contributed by atoms with Gasteiger partial charge < -0.3 is 20.1 Å². The maximum absolute atomic E-state index is 12.1. The van der Waals surface area contributed by atoms with Gasteiger partial charge >= 0.3 is 12.0 Å². The first-order valence-electron chi connectivity index (χ1n) is 7.15. The van der Waals surface area contributed by atoms with Crippen molar-refractivity contribution in [3.05, 3.63) is 0 Å². The molecule has 116 valence electrons. The highest BCUT2D eigenvalue weighted by Gasteiger charge is 2.28. The van der Waals surface area contributed by atoms with Gasteiger partial charge in [0.05, 0.1) is 0 Å². The number of rotatable bonds is 6. The van der Waals surface area contributed by atoms with Gasteiger partial charge in [-0.25, -0.2) is 4.79 Å². The van der Waals surface area contributed by atoms with E-state index in [0.717, 1.165) is 26.1 Å². The first-order valence-corrected chi connectivity index (χ1v) is 7.15. The Morgan fingerprint density at radius 2 is 1.95 bits per heavy atom. The molecule has 0 aromatic carbocycles. The second-order valence-corrected chi connectivity index (χ2v) is 6.25. The van der Waals surface area contributed by atoms with E-state index in [1.807, 2.05) is 13.8 Å². The summed E-state index contributed by atoms with van der Waals surface area (Å²) in [5.74, 6) is -0.753. The van der Waals surface area contributed by atoms with Gasteiger partial charge in [-0.1, -0.05) is 20.8 Å². The van der Waals surface area contributed by atoms with Crippen molar-refractivity contribution in [2.75, 3.05) is 32.8 Å². The number of nitrogens with zero attached hydrogens (tertiary/aromatic N) is 1. The van der Waals surface area contributed by atoms with E-state index < -0.39 is 5.97 Å². The molecule has 6 nitrogen and oxygen atoms in total. The van der Waals surface area contributed by atoms with Crippen molar-refractivity contribution in [3.8, 4) is 0 Å². The van der Waals surface area contributed by atoms with Gasteiger partial charge in [-0.2, -0.15) is 0 Å². The van der Waals surface area contributed by atoms with E-state index in [0.29, 0.717) is 13.1 Å². The van der Waals surface area contributed by atoms with Crippen molar-refractivity contribution in [1.82, 2.24) is 10.2 Å². The Kier molecular flexibility index (Phi) is 6.26. The van der Waals surface area contributed by atoms with Crippen LogP contribution in [0.5, 0.6) is 0 Å². The normalized spacial score (nSPS) is 17.8. The quantitative estimate of drug-likeness (QED) is 0.776. The number of carbonyl (C=O) groups excluding carboxylic acids is 1. The molecule has 0 bridgehead atoms. The lowest BCUT2D eigenvalue weighted by molar-refractivity contribution is -0.137. The zero-order valence-corrected chi connectivity index (χ0v) is 12.6. The summed E-state index contributed by atoms with van der Waals surface area (Å²) in [7, 11) is 0. The third-order valence-electron chi connectivity index (χ3n) is 3.57. The van der Waals surface area contributed by atoms with Crippen molar-refractivity contribution >= 4 is 12.0 Å². The number of carboxylic acids is 1. The SMILES string of the molecule is CC(C)CN(CC(=O)O)C(=O)NCC1(C)CCOCC1. The summed E-state index contributed by atoms with van der Waals surface area (Å²) in [5, 5.41) is 11.7. The Labute approximate surface area is 120 Å². The lowest BCUT2D eigenvalue weighted by Crippen LogP contribution is -2.48. The van der Waals surface area contributed by atoms with Crippen LogP contribution in [0.4, 0.5) is 4.79 Å². The monoisotopic (exact) mass is 286 g/mol. The van der Waals surface area contributed by atoms with E-state index in [4.69, 9.17) is 9.84 Å². The molecule has 6 heteroatoms. The van der Waals surface area contributed by atoms with Crippen LogP contribution in [0, 0.1) is 11.3 Å². The fraction of sp³-hybridized carbons (Fsp3) is 0.857. The molecule has 20 heavy (non-hydrogen) atoms. The largest absolute Gasteiger partial charge is 0.480 e. The average Bonchev–Trinajstić information content (AvgIpc) is 2.35. The zero-order valence-electron chi connectivity index (χ0n) is 12.6. The number of urea groups is 1. The number of carbonyl (C=O) groups is 2. The van der Waals surface area contributed by atoms with E-state index >= 15 is 0 Å². The van der Waals surface area contributed by atoms with Crippen LogP contribution < -0.4 is 5.32 Å². The summed E-state index contributed by atoms with van der Waals surface area (Å²) in [4.78, 5) is 24.3. The van der Waals surface area contributed by atoms with Crippen LogP contribution in [0.25, 0.3) is 0 Å². The molecule has 1 aliphatic rings. The third kappa shape index (κ3) is 5.77. The predicted octanol–water partition coefficient (Wildman–Crippen LogP) is 1.56. The molecular formula is C14H26N2O4. The first kappa shape index (κ1) is 16.8. The number of nitrogens with one attached hydrogen (secondary N) is 1. The maximum atomic E-state index is 12.1. The lowest BCUT2D eigenvalue weighted by Gasteiger charge is -2.34. The highest BCUT2D eigenvalue weighted by atomic mass is 16.5. The van der Waals surface area contributed by atoms with Crippen molar-refractivity contribution in [3.63, 3.8) is 0 Å². The summed E-state index contributed by atoms with van der Waals surface area (Å²) in [6, 6.07) is -0.297. The van der Waals surface area contributed by atoms with Gasteiger partial charge in [-0.3, -0.25) is 4.79 Å². The van der Waals surface area contributed by atoms with Crippen LogP contribution in [-0.4, -0.2) is 54.9 Å². The molecule has 0 aromatic heterocycles. The summed E-state index contributed by atoms with van der Waals surface area (Å²) in [6.45, 7) is 8.23. The molecule has 0 saturated carbocycles. The van der Waals surface area contributed by atoms with Crippen molar-refractivity contribution in [2.24, 2.45) is 11.3 Å². The first-order chi connectivity index (χ1) is 9.32. The summed E-state index contributed by atoms with van der Waals surface area (Å²) in [5.41, 5.74) is 0.0423. The number of amides is 2. The fourth-order valence-electron chi connectivity index (χ4n) is 2.27. The minimum absolute atomic E-state index is 0.0423. The molecule has 1 fully saturated rings. The Hall–Kier alpha value is -1.30. The molecule has 2 amide bonds. The third-order valence-corrected chi connectivity index (χ3v) is 3.57. The van der Waals surface area contributed by atoms with Gasteiger partial charge in [0.2, 0.25) is 0 Å². The van der Waals surface area contributed by atoms with Crippen LogP contribution in [0.3, 0.4) is 0 Å². The van der Waals surface area contributed by atoms with Crippen LogP contribution in [0.1, 0.15) is 33.6 Å². The van der Waals surface area contributed by atoms with Gasteiger partial charge in [0.1, 0.15) is 6.54 Å². The number of hydrogen-bond donors (Lipinski definition) is 2. The molecule has 0 aliphatic carbocycles. The number of carboxylic acid groups (broad SMARTS) is 1. The zero-order chi connectivity index (χ0) is 15.2. The standard InChI is InChI=1S/C14H26N2O4/c1-11(2)8-16(9-12(17)18)13(19)15-10-14(3)4-6-20-7-5-14/h11H,4-10H2,1-3H3,(H,15,19)(H,17,18). The molecule has 1 saturated heterocycles. The summed E-state index contributed by atoms with van der Waals surface area (Å²) < 4.78 is 5.32. The minimum atomic E-state index is -0.988. The predicted molar refractivity (Wildman–Crippen MR) is 75.6 cm³/mol. The molecule has 1 rings (SSSR count). The van der Waals surface area contributed by atoms with Crippen LogP contribution >= 0.6 is 0 Å². The van der Waals surface area contributed by atoms with Crippen molar-refractivity contribution in [2.45, 2.75) is 33.6 Å². The summed E-state index contributed by atoms with van der Waals surface area (Å²) >= 11 is 0. The van der Waals surface area contributed by atoms with Crippen LogP contribution in [0.15, 0.2) is 0 Å². The number of hydrogen-bond acceptors (Lipinski definition) is 3. The van der Waals surface area contributed by atoms with Gasteiger partial charge in [-0.15, -0.1) is 0 Å². The van der Waals surface area contributed by atoms with Gasteiger partial charge in [0.15, 0.2) is 0 Å². The van der Waals surface area contributed by atoms with E-state index in [9.17, 15) is 9.59 Å². The number of aliphatic carboxylic acids is 1. The van der Waals surface area contributed by atoms with Crippen LogP contribution in [-0.2, 0) is 9.53 Å². The Bertz CT molecular complexity index is 338. The minimum Gasteiger partial charge on any atom is -0.480 e. The maximum Gasteiger partial charge on any atom is 0.323 e. The van der Waals surface area contributed by atoms with E-state index in [-0.39, 0.29) is 23.9 Å². The number of ether oxygens (including phenoxy) is 1. The second kappa shape index (κ2) is 7.47. The Morgan fingerprint density at radius 1 is 1.35 bits per heavy atom. The average molecular weight is 286 g/mol. The molecule has 0 aromatic rings. The van der Waals surface area contributed by atoms with Gasteiger partial charge in [-0.05, 0) is 24.2 Å². The van der Waals surface area contributed by atoms with Crippen molar-refractivity contribution in [1.29, 1.82) is 0 Å². The molecule has 2 N–H and O–H groups in total. The van der Waals surface area contributed by atoms with Gasteiger partial charge in [0, 0.05) is 26.3 Å². The molecule has 1 heterocycles. The Morgan fingerprint density at radius 3 is 2.45 bits per heavy atom. The van der Waals surface area contributed by atoms with E-state index in [1.165, 1.54) is 4.90 Å². The van der Waals surface area contributed by atoms with E-state index in [2.05, 4.69) is 12.2 Å². The topological polar surface area (TPSA) is 78.9 Å². The van der Waals surface area contributed by atoms with Crippen LogP contribution in [0.2, 0.25) is 0 Å². The highest BCUT2D eigenvalue weighted by molar-refractivity contribution is 5.80.